The van der Waals surface area contributed by atoms with Crippen LogP contribution >= 0.6 is 0 Å². The maximum atomic E-state index is 7.70. The van der Waals surface area contributed by atoms with Gasteiger partial charge in [-0.2, -0.15) is 0 Å². The van der Waals surface area contributed by atoms with E-state index in [9.17, 15) is 0 Å². The summed E-state index contributed by atoms with van der Waals surface area (Å²) < 4.78 is 0. The summed E-state index contributed by atoms with van der Waals surface area (Å²) in [6.45, 7) is 2.16. The number of aryl methyl sites for hydroxylation is 1. The van der Waals surface area contributed by atoms with E-state index in [1.54, 1.807) is 0 Å². The molecule has 0 aliphatic heterocycles. The van der Waals surface area contributed by atoms with Gasteiger partial charge in [-0.3, -0.25) is 0 Å². The van der Waals surface area contributed by atoms with Gasteiger partial charge in [0.1, 0.15) is 0 Å². The Balaban J connectivity index is 2.15. The second-order valence-electron chi connectivity index (χ2n) is 5.62. The molecule has 0 aromatic heterocycles. The maximum Gasteiger partial charge on any atom is 0.0540 e. The molecule has 0 fully saturated rings. The SMILES string of the molecule is CCc1ccc(C(=C2C=CC(=N)C=C2)c2ccc(N)cc2)cc1. The van der Waals surface area contributed by atoms with Gasteiger partial charge >= 0.3 is 0 Å². The van der Waals surface area contributed by atoms with Crippen molar-refractivity contribution in [1.29, 1.82) is 5.41 Å². The minimum atomic E-state index is 0.520. The summed E-state index contributed by atoms with van der Waals surface area (Å²) in [4.78, 5) is 0. The lowest BCUT2D eigenvalue weighted by molar-refractivity contribution is 1.14. The molecule has 0 spiro atoms. The number of hydrogen-bond donors (Lipinski definition) is 2. The first-order chi connectivity index (χ1) is 11.2. The Bertz CT molecular complexity index is 786. The highest BCUT2D eigenvalue weighted by Crippen LogP contribution is 2.30. The first-order valence-corrected chi connectivity index (χ1v) is 7.81. The quantitative estimate of drug-likeness (QED) is 0.787. The molecule has 3 N–H and O–H groups in total. The highest BCUT2D eigenvalue weighted by molar-refractivity contribution is 6.05. The van der Waals surface area contributed by atoms with Crippen LogP contribution in [-0.4, -0.2) is 5.71 Å². The Kier molecular flexibility index (Phi) is 4.24. The van der Waals surface area contributed by atoms with Crippen LogP contribution in [0, 0.1) is 5.41 Å². The largest absolute Gasteiger partial charge is 0.399 e. The number of allylic oxidation sites excluding steroid dienone is 5. The smallest absolute Gasteiger partial charge is 0.0540 e. The lowest BCUT2D eigenvalue weighted by Crippen LogP contribution is -1.97. The van der Waals surface area contributed by atoms with Crippen molar-refractivity contribution in [3.05, 3.63) is 95.1 Å². The van der Waals surface area contributed by atoms with Gasteiger partial charge in [-0.05, 0) is 58.5 Å². The van der Waals surface area contributed by atoms with E-state index in [0.29, 0.717) is 5.71 Å². The summed E-state index contributed by atoms with van der Waals surface area (Å²) >= 11 is 0. The molecule has 0 unspecified atom stereocenters. The molecule has 23 heavy (non-hydrogen) atoms. The summed E-state index contributed by atoms with van der Waals surface area (Å²) in [7, 11) is 0. The predicted octanol–water partition coefficient (Wildman–Crippen LogP) is 4.78. The molecule has 3 rings (SSSR count). The number of nitrogens with two attached hydrogens (primary N) is 1. The lowest BCUT2D eigenvalue weighted by atomic mass is 9.90. The third-order valence-electron chi connectivity index (χ3n) is 4.02. The molecule has 114 valence electrons. The van der Waals surface area contributed by atoms with E-state index < -0.39 is 0 Å². The van der Waals surface area contributed by atoms with Crippen molar-refractivity contribution in [2.24, 2.45) is 0 Å². The van der Waals surface area contributed by atoms with Crippen molar-refractivity contribution in [1.82, 2.24) is 0 Å². The van der Waals surface area contributed by atoms with E-state index in [1.807, 2.05) is 48.6 Å². The molecule has 0 amide bonds. The van der Waals surface area contributed by atoms with Gasteiger partial charge in [0.2, 0.25) is 0 Å². The third-order valence-corrected chi connectivity index (χ3v) is 4.02. The second kappa shape index (κ2) is 6.49. The predicted molar refractivity (Wildman–Crippen MR) is 98.7 cm³/mol. The zero-order valence-corrected chi connectivity index (χ0v) is 13.2. The molecular formula is C21H20N2. The normalized spacial score (nSPS) is 13.4. The molecule has 0 saturated heterocycles. The van der Waals surface area contributed by atoms with E-state index >= 15 is 0 Å². The molecule has 1 aliphatic carbocycles. The van der Waals surface area contributed by atoms with E-state index in [2.05, 4.69) is 31.2 Å². The number of nitrogen functional groups attached to an aromatic ring is 1. The monoisotopic (exact) mass is 300 g/mol. The van der Waals surface area contributed by atoms with Crippen LogP contribution in [0.2, 0.25) is 0 Å². The Morgan fingerprint density at radius 2 is 1.35 bits per heavy atom. The maximum absolute atomic E-state index is 7.70. The molecule has 1 aliphatic rings. The Labute approximate surface area is 137 Å². The van der Waals surface area contributed by atoms with Crippen LogP contribution in [0.5, 0.6) is 0 Å². The van der Waals surface area contributed by atoms with Crippen molar-refractivity contribution in [3.8, 4) is 0 Å². The van der Waals surface area contributed by atoms with Crippen molar-refractivity contribution in [3.63, 3.8) is 0 Å². The van der Waals surface area contributed by atoms with Gasteiger partial charge in [-0.1, -0.05) is 55.5 Å². The van der Waals surface area contributed by atoms with Crippen LogP contribution in [0.25, 0.3) is 5.57 Å². The summed E-state index contributed by atoms with van der Waals surface area (Å²) in [6.07, 6.45) is 8.69. The molecular weight excluding hydrogens is 280 g/mol. The molecule has 0 atom stereocenters. The molecule has 2 nitrogen and oxygen atoms in total. The zero-order valence-electron chi connectivity index (χ0n) is 13.2. The van der Waals surface area contributed by atoms with Crippen molar-refractivity contribution in [2.75, 3.05) is 5.73 Å². The van der Waals surface area contributed by atoms with Crippen molar-refractivity contribution >= 4 is 17.0 Å². The van der Waals surface area contributed by atoms with Crippen LogP contribution in [0.4, 0.5) is 5.69 Å². The van der Waals surface area contributed by atoms with Gasteiger partial charge in [0.05, 0.1) is 5.71 Å². The molecule has 0 heterocycles. The molecule has 0 radical (unpaired) electrons. The Hall–Kier alpha value is -2.87. The van der Waals surface area contributed by atoms with Crippen molar-refractivity contribution in [2.45, 2.75) is 13.3 Å². The minimum Gasteiger partial charge on any atom is -0.399 e. The molecule has 2 aromatic carbocycles. The highest BCUT2D eigenvalue weighted by atomic mass is 14.5. The second-order valence-corrected chi connectivity index (χ2v) is 5.62. The number of hydrogen-bond acceptors (Lipinski definition) is 2. The topological polar surface area (TPSA) is 49.9 Å². The highest BCUT2D eigenvalue weighted by Gasteiger charge is 2.11. The lowest BCUT2D eigenvalue weighted by Gasteiger charge is -2.14. The third kappa shape index (κ3) is 3.32. The average molecular weight is 300 g/mol. The van der Waals surface area contributed by atoms with Gasteiger partial charge in [-0.25, -0.2) is 0 Å². The van der Waals surface area contributed by atoms with Crippen LogP contribution in [0.1, 0.15) is 23.6 Å². The van der Waals surface area contributed by atoms with Crippen LogP contribution in [0.3, 0.4) is 0 Å². The Morgan fingerprint density at radius 3 is 1.87 bits per heavy atom. The van der Waals surface area contributed by atoms with Crippen LogP contribution < -0.4 is 5.73 Å². The van der Waals surface area contributed by atoms with Gasteiger partial charge in [0, 0.05) is 5.69 Å². The zero-order chi connectivity index (χ0) is 16.2. The van der Waals surface area contributed by atoms with Crippen molar-refractivity contribution < 1.29 is 0 Å². The number of anilines is 1. The molecule has 0 bridgehead atoms. The van der Waals surface area contributed by atoms with Crippen LogP contribution in [0.15, 0.2) is 78.4 Å². The summed E-state index contributed by atoms with van der Waals surface area (Å²) in [6, 6.07) is 16.6. The van der Waals surface area contributed by atoms with E-state index in [1.165, 1.54) is 11.1 Å². The summed E-state index contributed by atoms with van der Waals surface area (Å²) in [5, 5.41) is 7.70. The van der Waals surface area contributed by atoms with E-state index in [4.69, 9.17) is 11.1 Å². The fourth-order valence-electron chi connectivity index (χ4n) is 2.69. The van der Waals surface area contributed by atoms with Gasteiger partial charge in [-0.15, -0.1) is 0 Å². The summed E-state index contributed by atoms with van der Waals surface area (Å²) in [5.74, 6) is 0. The fourth-order valence-corrected chi connectivity index (χ4v) is 2.69. The van der Waals surface area contributed by atoms with E-state index in [0.717, 1.165) is 28.8 Å². The minimum absolute atomic E-state index is 0.520. The number of nitrogens with one attached hydrogen (secondary N) is 1. The van der Waals surface area contributed by atoms with Gasteiger partial charge in [0.15, 0.2) is 0 Å². The van der Waals surface area contributed by atoms with Crippen LogP contribution in [-0.2, 0) is 6.42 Å². The number of benzene rings is 2. The summed E-state index contributed by atoms with van der Waals surface area (Å²) in [5.41, 5.74) is 13.0. The number of rotatable bonds is 3. The first kappa shape index (κ1) is 15.0. The standard InChI is InChI=1S/C21H20N2/c1-2-15-3-5-16(6-4-15)21(17-7-11-19(22)12-8-17)18-9-13-20(23)14-10-18/h3-14,22H,2,23H2,1H3. The molecule has 2 aromatic rings. The van der Waals surface area contributed by atoms with E-state index in [-0.39, 0.29) is 0 Å². The van der Waals surface area contributed by atoms with Gasteiger partial charge < -0.3 is 11.1 Å². The average Bonchev–Trinajstić information content (AvgIpc) is 2.59. The molecule has 0 saturated carbocycles. The molecule has 2 heteroatoms. The fraction of sp³-hybridized carbons (Fsp3) is 0.0952. The Morgan fingerprint density at radius 1 is 0.826 bits per heavy atom. The first-order valence-electron chi connectivity index (χ1n) is 7.81. The van der Waals surface area contributed by atoms with Gasteiger partial charge in [0.25, 0.3) is 0 Å².